The Kier molecular flexibility index (Phi) is 6.04. The van der Waals surface area contributed by atoms with Gasteiger partial charge < -0.3 is 0 Å². The van der Waals surface area contributed by atoms with Crippen molar-refractivity contribution in [1.82, 2.24) is 0 Å². The first-order valence-electron chi connectivity index (χ1n) is 8.64. The normalized spacial score (nSPS) is 10.6. The molecule has 0 bridgehead atoms. The average molecular weight is 383 g/mol. The van der Waals surface area contributed by atoms with Crippen molar-refractivity contribution in [2.45, 2.75) is 12.8 Å². The Balaban J connectivity index is 1.81. The van der Waals surface area contributed by atoms with Crippen LogP contribution in [-0.4, -0.2) is 6.72 Å². The lowest BCUT2D eigenvalue weighted by Crippen LogP contribution is -1.89. The lowest BCUT2D eigenvalue weighted by atomic mass is 9.98. The first-order chi connectivity index (χ1) is 13.5. The zero-order chi connectivity index (χ0) is 20.1. The first-order valence-corrected chi connectivity index (χ1v) is 8.64. The van der Waals surface area contributed by atoms with Gasteiger partial charge in [-0.1, -0.05) is 42.5 Å². The van der Waals surface area contributed by atoms with Gasteiger partial charge in [-0.15, -0.1) is 0 Å². The molecule has 0 saturated heterocycles. The van der Waals surface area contributed by atoms with Gasteiger partial charge in [-0.2, -0.15) is 8.78 Å². The molecule has 3 aromatic rings. The summed E-state index contributed by atoms with van der Waals surface area (Å²) < 4.78 is 52.6. The van der Waals surface area contributed by atoms with Crippen LogP contribution in [0.3, 0.4) is 0 Å². The zero-order valence-electron chi connectivity index (χ0n) is 14.9. The number of aryl methyl sites for hydroxylation is 1. The first kappa shape index (κ1) is 19.5. The minimum absolute atomic E-state index is 0.116. The molecule has 5 heteroatoms. The van der Waals surface area contributed by atoms with Gasteiger partial charge in [0, 0.05) is 5.56 Å². The maximum atomic E-state index is 14.6. The molecule has 0 N–H and O–H groups in total. The zero-order valence-corrected chi connectivity index (χ0v) is 14.9. The Labute approximate surface area is 160 Å². The number of halogens is 4. The third-order valence-electron chi connectivity index (χ3n) is 4.42. The second kappa shape index (κ2) is 8.65. The van der Waals surface area contributed by atoms with Crippen LogP contribution in [0.15, 0.2) is 77.8 Å². The van der Waals surface area contributed by atoms with Crippen molar-refractivity contribution >= 4 is 12.4 Å². The van der Waals surface area contributed by atoms with Gasteiger partial charge in [-0.05, 0) is 66.1 Å². The summed E-state index contributed by atoms with van der Waals surface area (Å²) >= 11 is 0. The summed E-state index contributed by atoms with van der Waals surface area (Å²) in [7, 11) is 0. The summed E-state index contributed by atoms with van der Waals surface area (Å²) in [5.74, 6) is -1.03. The molecule has 0 heterocycles. The smallest absolute Gasteiger partial charge is 0.262 e. The molecule has 0 unspecified atom stereocenters. The van der Waals surface area contributed by atoms with Gasteiger partial charge >= 0.3 is 0 Å². The monoisotopic (exact) mass is 383 g/mol. The Morgan fingerprint density at radius 1 is 0.821 bits per heavy atom. The Morgan fingerprint density at radius 2 is 1.46 bits per heavy atom. The van der Waals surface area contributed by atoms with Crippen molar-refractivity contribution in [2.75, 3.05) is 0 Å². The van der Waals surface area contributed by atoms with Crippen LogP contribution in [0.1, 0.15) is 12.0 Å². The number of nitrogens with zero attached hydrogens (tertiary/aromatic N) is 1. The Hall–Kier alpha value is -3.21. The molecule has 3 aromatic carbocycles. The van der Waals surface area contributed by atoms with Crippen molar-refractivity contribution in [3.8, 4) is 22.3 Å². The van der Waals surface area contributed by atoms with Crippen molar-refractivity contribution in [3.63, 3.8) is 0 Å². The van der Waals surface area contributed by atoms with Crippen molar-refractivity contribution < 1.29 is 17.6 Å². The summed E-state index contributed by atoms with van der Waals surface area (Å²) in [4.78, 5) is 3.56. The maximum Gasteiger partial charge on any atom is 0.266 e. The minimum Gasteiger partial charge on any atom is -0.262 e. The Morgan fingerprint density at radius 3 is 2.07 bits per heavy atom. The molecule has 0 aromatic heterocycles. The highest BCUT2D eigenvalue weighted by atomic mass is 19.3. The number of rotatable bonds is 6. The van der Waals surface area contributed by atoms with E-state index in [2.05, 4.69) is 11.7 Å². The van der Waals surface area contributed by atoms with Crippen LogP contribution < -0.4 is 0 Å². The van der Waals surface area contributed by atoms with E-state index in [1.165, 1.54) is 18.2 Å². The van der Waals surface area contributed by atoms with Gasteiger partial charge in [0.2, 0.25) is 0 Å². The molecular weight excluding hydrogens is 366 g/mol. The van der Waals surface area contributed by atoms with Crippen LogP contribution in [0.2, 0.25) is 0 Å². The molecule has 28 heavy (non-hydrogen) atoms. The fourth-order valence-electron chi connectivity index (χ4n) is 2.94. The van der Waals surface area contributed by atoms with Crippen LogP contribution in [0, 0.1) is 11.6 Å². The van der Waals surface area contributed by atoms with E-state index >= 15 is 0 Å². The molecule has 0 radical (unpaired) electrons. The average Bonchev–Trinajstić information content (AvgIpc) is 2.68. The quantitative estimate of drug-likeness (QED) is 0.312. The van der Waals surface area contributed by atoms with Crippen molar-refractivity contribution in [1.29, 1.82) is 0 Å². The van der Waals surface area contributed by atoms with Gasteiger partial charge in [-0.3, -0.25) is 4.99 Å². The van der Waals surface area contributed by atoms with E-state index in [9.17, 15) is 17.6 Å². The fraction of sp³-hybridized carbons (Fsp3) is 0.0870. The SMILES string of the molecule is C=Nc1ccc(-c2ccc(-c3ccc(CCC=C(F)F)cc3)cc2F)cc1F. The molecule has 0 aliphatic rings. The second-order valence-corrected chi connectivity index (χ2v) is 6.25. The Bertz CT molecular complexity index is 1020. The van der Waals surface area contributed by atoms with Gasteiger partial charge in [-0.25, -0.2) is 8.78 Å². The highest BCUT2D eigenvalue weighted by Crippen LogP contribution is 2.30. The topological polar surface area (TPSA) is 12.4 Å². The van der Waals surface area contributed by atoms with Gasteiger partial charge in [0.1, 0.15) is 11.6 Å². The lowest BCUT2D eigenvalue weighted by molar-refractivity contribution is 0.417. The van der Waals surface area contributed by atoms with E-state index in [1.807, 2.05) is 24.3 Å². The summed E-state index contributed by atoms with van der Waals surface area (Å²) in [5.41, 5.74) is 3.22. The number of hydrogen-bond acceptors (Lipinski definition) is 1. The van der Waals surface area contributed by atoms with Crippen LogP contribution in [0.4, 0.5) is 23.2 Å². The molecule has 0 amide bonds. The van der Waals surface area contributed by atoms with E-state index in [1.54, 1.807) is 18.2 Å². The summed E-state index contributed by atoms with van der Waals surface area (Å²) in [6.45, 7) is 3.29. The van der Waals surface area contributed by atoms with Crippen molar-refractivity contribution in [2.24, 2.45) is 4.99 Å². The van der Waals surface area contributed by atoms with E-state index in [0.717, 1.165) is 17.2 Å². The van der Waals surface area contributed by atoms with E-state index < -0.39 is 17.7 Å². The molecule has 142 valence electrons. The summed E-state index contributed by atoms with van der Waals surface area (Å²) in [6.07, 6.45) is -0.0153. The number of benzene rings is 3. The standard InChI is InChI=1S/C23H17F4N/c1-28-22-12-10-18(14-21(22)25)19-11-9-17(13-20(19)24)16-7-5-15(6-8-16)3-2-4-23(26)27/h4-14H,1-3H2. The highest BCUT2D eigenvalue weighted by molar-refractivity contribution is 5.72. The third kappa shape index (κ3) is 4.55. The van der Waals surface area contributed by atoms with Crippen molar-refractivity contribution in [3.05, 3.63) is 90.0 Å². The number of aliphatic imine (C=N–C) groups is 1. The summed E-state index contributed by atoms with van der Waals surface area (Å²) in [5, 5.41) is 0. The van der Waals surface area contributed by atoms with Gasteiger partial charge in [0.05, 0.1) is 5.69 Å². The lowest BCUT2D eigenvalue weighted by Gasteiger charge is -2.09. The van der Waals surface area contributed by atoms with Crippen LogP contribution in [-0.2, 0) is 6.42 Å². The van der Waals surface area contributed by atoms with Gasteiger partial charge in [0.15, 0.2) is 0 Å². The molecule has 0 fully saturated rings. The predicted octanol–water partition coefficient (Wildman–Crippen LogP) is 7.34. The minimum atomic E-state index is -1.68. The predicted molar refractivity (Wildman–Crippen MR) is 105 cm³/mol. The number of allylic oxidation sites excluding steroid dienone is 1. The molecule has 0 aliphatic carbocycles. The number of hydrogen-bond donors (Lipinski definition) is 0. The van der Waals surface area contributed by atoms with Crippen LogP contribution in [0.25, 0.3) is 22.3 Å². The van der Waals surface area contributed by atoms with Crippen LogP contribution >= 0.6 is 0 Å². The van der Waals surface area contributed by atoms with E-state index in [-0.39, 0.29) is 17.7 Å². The summed E-state index contributed by atoms with van der Waals surface area (Å²) in [6, 6.07) is 16.3. The molecular formula is C23H17F4N. The molecule has 0 spiro atoms. The molecule has 0 atom stereocenters. The molecule has 1 nitrogen and oxygen atoms in total. The highest BCUT2D eigenvalue weighted by Gasteiger charge is 2.10. The third-order valence-corrected chi connectivity index (χ3v) is 4.42. The molecule has 0 aliphatic heterocycles. The maximum absolute atomic E-state index is 14.6. The van der Waals surface area contributed by atoms with E-state index in [4.69, 9.17) is 0 Å². The largest absolute Gasteiger partial charge is 0.266 e. The van der Waals surface area contributed by atoms with Crippen LogP contribution in [0.5, 0.6) is 0 Å². The molecule has 3 rings (SSSR count). The second-order valence-electron chi connectivity index (χ2n) is 6.25. The fourth-order valence-corrected chi connectivity index (χ4v) is 2.94. The van der Waals surface area contributed by atoms with Gasteiger partial charge in [0.25, 0.3) is 6.08 Å². The molecule has 0 saturated carbocycles. The van der Waals surface area contributed by atoms with E-state index in [0.29, 0.717) is 17.5 Å².